The number of nitrogens with one attached hydrogen (secondary N) is 1. The highest BCUT2D eigenvalue weighted by molar-refractivity contribution is 6.30. The predicted molar refractivity (Wildman–Crippen MR) is 96.5 cm³/mol. The van der Waals surface area contributed by atoms with Crippen LogP contribution in [-0.4, -0.2) is 35.5 Å². The van der Waals surface area contributed by atoms with Gasteiger partial charge in [0.15, 0.2) is 11.6 Å². The number of carbonyl (C=O) groups excluding carboxylic acids is 1. The SMILES string of the molecule is O=C(c1ccccc1F)N1CCC2(CC1)N=C(c1ccc(Cl)cc1)NO2. The molecule has 7 heteroatoms. The lowest BCUT2D eigenvalue weighted by Gasteiger charge is -2.35. The molecule has 1 saturated heterocycles. The zero-order chi connectivity index (χ0) is 18.1. The van der Waals surface area contributed by atoms with Crippen molar-refractivity contribution >= 4 is 23.3 Å². The maximum absolute atomic E-state index is 13.8. The Labute approximate surface area is 155 Å². The first kappa shape index (κ1) is 17.0. The quantitative estimate of drug-likeness (QED) is 0.877. The molecule has 1 amide bonds. The number of likely N-dealkylation sites (tertiary alicyclic amines) is 1. The molecule has 4 rings (SSSR count). The Morgan fingerprint density at radius 1 is 1.15 bits per heavy atom. The minimum absolute atomic E-state index is 0.0965. The number of hydroxylamine groups is 1. The summed E-state index contributed by atoms with van der Waals surface area (Å²) in [4.78, 5) is 24.6. The topological polar surface area (TPSA) is 53.9 Å². The van der Waals surface area contributed by atoms with Crippen LogP contribution in [0, 0.1) is 5.82 Å². The van der Waals surface area contributed by atoms with Crippen LogP contribution in [-0.2, 0) is 4.84 Å². The lowest BCUT2D eigenvalue weighted by molar-refractivity contribution is -0.0849. The zero-order valence-corrected chi connectivity index (χ0v) is 14.7. The monoisotopic (exact) mass is 373 g/mol. The molecule has 0 bridgehead atoms. The molecule has 1 N–H and O–H groups in total. The minimum Gasteiger partial charge on any atom is -0.338 e. The molecule has 0 atom stereocenters. The standard InChI is InChI=1S/C19H17ClFN3O2/c20-14-7-5-13(6-8-14)17-22-19(26-23-17)9-11-24(12-10-19)18(25)15-3-1-2-4-16(15)21/h1-8H,9-12H2,(H,22,23). The molecule has 0 unspecified atom stereocenters. The van der Waals surface area contributed by atoms with Crippen LogP contribution in [0.3, 0.4) is 0 Å². The normalized spacial score (nSPS) is 18.5. The molecule has 0 radical (unpaired) electrons. The smallest absolute Gasteiger partial charge is 0.256 e. The van der Waals surface area contributed by atoms with Crippen molar-refractivity contribution in [1.82, 2.24) is 10.4 Å². The maximum Gasteiger partial charge on any atom is 0.256 e. The van der Waals surface area contributed by atoms with E-state index in [9.17, 15) is 9.18 Å². The van der Waals surface area contributed by atoms with Gasteiger partial charge in [-0.2, -0.15) is 0 Å². The van der Waals surface area contributed by atoms with Crippen molar-refractivity contribution in [2.75, 3.05) is 13.1 Å². The number of amidine groups is 1. The van der Waals surface area contributed by atoms with E-state index < -0.39 is 11.5 Å². The Bertz CT molecular complexity index is 861. The number of nitrogens with zero attached hydrogens (tertiary/aromatic N) is 2. The summed E-state index contributed by atoms with van der Waals surface area (Å²) in [6.07, 6.45) is 1.08. The van der Waals surface area contributed by atoms with Crippen molar-refractivity contribution in [1.29, 1.82) is 0 Å². The fourth-order valence-electron chi connectivity index (χ4n) is 3.20. The van der Waals surface area contributed by atoms with E-state index in [1.54, 1.807) is 29.2 Å². The summed E-state index contributed by atoms with van der Waals surface area (Å²) in [6.45, 7) is 0.901. The molecule has 5 nitrogen and oxygen atoms in total. The van der Waals surface area contributed by atoms with Gasteiger partial charge in [0, 0.05) is 36.5 Å². The van der Waals surface area contributed by atoms with Crippen molar-refractivity contribution in [2.45, 2.75) is 18.6 Å². The molecule has 2 aromatic carbocycles. The summed E-state index contributed by atoms with van der Waals surface area (Å²) in [6, 6.07) is 13.4. The van der Waals surface area contributed by atoms with E-state index >= 15 is 0 Å². The molecule has 0 aromatic heterocycles. The van der Waals surface area contributed by atoms with Crippen molar-refractivity contribution < 1.29 is 14.0 Å². The largest absolute Gasteiger partial charge is 0.338 e. The minimum atomic E-state index is -0.693. The van der Waals surface area contributed by atoms with Gasteiger partial charge in [-0.15, -0.1) is 0 Å². The first-order valence-corrected chi connectivity index (χ1v) is 8.78. The Balaban J connectivity index is 1.46. The highest BCUT2D eigenvalue weighted by Crippen LogP contribution is 2.32. The van der Waals surface area contributed by atoms with E-state index in [1.807, 2.05) is 12.1 Å². The second-order valence-corrected chi connectivity index (χ2v) is 6.83. The van der Waals surface area contributed by atoms with Gasteiger partial charge in [0.1, 0.15) is 5.82 Å². The number of hydrogen-bond donors (Lipinski definition) is 1. The van der Waals surface area contributed by atoms with E-state index in [-0.39, 0.29) is 11.5 Å². The van der Waals surface area contributed by atoms with Gasteiger partial charge in [0.2, 0.25) is 0 Å². The molecule has 1 fully saturated rings. The van der Waals surface area contributed by atoms with Gasteiger partial charge in [-0.3, -0.25) is 4.79 Å². The van der Waals surface area contributed by atoms with E-state index in [0.717, 1.165) is 5.56 Å². The molecule has 0 saturated carbocycles. The third kappa shape index (κ3) is 3.18. The molecule has 2 heterocycles. The van der Waals surface area contributed by atoms with Crippen LogP contribution in [0.4, 0.5) is 4.39 Å². The number of carbonyl (C=O) groups is 1. The van der Waals surface area contributed by atoms with Crippen molar-refractivity contribution in [3.63, 3.8) is 0 Å². The van der Waals surface area contributed by atoms with Crippen LogP contribution < -0.4 is 5.48 Å². The fraction of sp³-hybridized carbons (Fsp3) is 0.263. The molecule has 0 aliphatic carbocycles. The average molecular weight is 374 g/mol. The van der Waals surface area contributed by atoms with E-state index in [1.165, 1.54) is 12.1 Å². The molecular weight excluding hydrogens is 357 g/mol. The second kappa shape index (κ2) is 6.70. The molecule has 2 aliphatic heterocycles. The Hall–Kier alpha value is -2.44. The van der Waals surface area contributed by atoms with Gasteiger partial charge in [-0.1, -0.05) is 23.7 Å². The number of halogens is 2. The summed E-state index contributed by atoms with van der Waals surface area (Å²) in [7, 11) is 0. The Kier molecular flexibility index (Phi) is 4.38. The number of rotatable bonds is 2. The summed E-state index contributed by atoms with van der Waals surface area (Å²) in [5.74, 6) is -0.152. The van der Waals surface area contributed by atoms with E-state index in [0.29, 0.717) is 36.8 Å². The van der Waals surface area contributed by atoms with Gasteiger partial charge < -0.3 is 4.90 Å². The molecule has 2 aliphatic rings. The number of piperidine rings is 1. The highest BCUT2D eigenvalue weighted by Gasteiger charge is 2.41. The van der Waals surface area contributed by atoms with E-state index in [2.05, 4.69) is 5.48 Å². The van der Waals surface area contributed by atoms with Crippen molar-refractivity contribution in [3.8, 4) is 0 Å². The first-order valence-electron chi connectivity index (χ1n) is 8.40. The van der Waals surface area contributed by atoms with Gasteiger partial charge in [-0.05, 0) is 36.4 Å². The van der Waals surface area contributed by atoms with E-state index in [4.69, 9.17) is 21.4 Å². The van der Waals surface area contributed by atoms with Gasteiger partial charge in [0.25, 0.3) is 5.91 Å². The summed E-state index contributed by atoms with van der Waals surface area (Å²) >= 11 is 5.91. The van der Waals surface area contributed by atoms with Crippen LogP contribution in [0.1, 0.15) is 28.8 Å². The van der Waals surface area contributed by atoms with Crippen LogP contribution in [0.15, 0.2) is 53.5 Å². The summed E-state index contributed by atoms with van der Waals surface area (Å²) in [5.41, 5.74) is 3.17. The van der Waals surface area contributed by atoms with Gasteiger partial charge >= 0.3 is 0 Å². The van der Waals surface area contributed by atoms with Crippen LogP contribution in [0.2, 0.25) is 5.02 Å². The van der Waals surface area contributed by atoms with Gasteiger partial charge in [0.05, 0.1) is 5.56 Å². The zero-order valence-electron chi connectivity index (χ0n) is 13.9. The predicted octanol–water partition coefficient (Wildman–Crippen LogP) is 3.39. The average Bonchev–Trinajstić information content (AvgIpc) is 3.06. The molecule has 134 valence electrons. The fourth-order valence-corrected chi connectivity index (χ4v) is 3.33. The Morgan fingerprint density at radius 3 is 2.54 bits per heavy atom. The van der Waals surface area contributed by atoms with Crippen LogP contribution >= 0.6 is 11.6 Å². The number of amides is 1. The molecular formula is C19H17ClFN3O2. The number of benzene rings is 2. The number of hydrogen-bond acceptors (Lipinski definition) is 4. The van der Waals surface area contributed by atoms with Crippen LogP contribution in [0.25, 0.3) is 0 Å². The van der Waals surface area contributed by atoms with Gasteiger partial charge in [-0.25, -0.2) is 19.7 Å². The second-order valence-electron chi connectivity index (χ2n) is 6.39. The maximum atomic E-state index is 13.8. The third-order valence-corrected chi connectivity index (χ3v) is 4.96. The summed E-state index contributed by atoms with van der Waals surface area (Å²) < 4.78 is 13.8. The lowest BCUT2D eigenvalue weighted by atomic mass is 10.00. The van der Waals surface area contributed by atoms with Crippen LogP contribution in [0.5, 0.6) is 0 Å². The Morgan fingerprint density at radius 2 is 1.85 bits per heavy atom. The number of aliphatic imine (C=N–C) groups is 1. The lowest BCUT2D eigenvalue weighted by Crippen LogP contribution is -2.46. The molecule has 2 aromatic rings. The third-order valence-electron chi connectivity index (χ3n) is 4.71. The van der Waals surface area contributed by atoms with Crippen molar-refractivity contribution in [3.05, 3.63) is 70.5 Å². The first-order chi connectivity index (χ1) is 12.6. The molecule has 26 heavy (non-hydrogen) atoms. The summed E-state index contributed by atoms with van der Waals surface area (Å²) in [5, 5.41) is 0.656. The molecule has 1 spiro atoms. The highest BCUT2D eigenvalue weighted by atomic mass is 35.5. The van der Waals surface area contributed by atoms with Crippen molar-refractivity contribution in [2.24, 2.45) is 4.99 Å².